The number of hydrogen-bond donors (Lipinski definition) is 1. The number of rotatable bonds is 67. The lowest BCUT2D eigenvalue weighted by Crippen LogP contribution is -2.40. The van der Waals surface area contributed by atoms with Crippen LogP contribution in [0.15, 0.2) is 0 Å². The van der Waals surface area contributed by atoms with Gasteiger partial charge in [-0.2, -0.15) is 0 Å². The van der Waals surface area contributed by atoms with Crippen LogP contribution in [0.3, 0.4) is 0 Å². The van der Waals surface area contributed by atoms with Gasteiger partial charge in [0.25, 0.3) is 6.29 Å². The lowest BCUT2D eigenvalue weighted by molar-refractivity contribution is -0.870. The van der Waals surface area contributed by atoms with Crippen LogP contribution in [0.2, 0.25) is 0 Å². The molecule has 9 heteroatoms. The molecule has 0 rings (SSSR count). The van der Waals surface area contributed by atoms with Crippen LogP contribution in [0.4, 0.5) is 0 Å². The standard InChI is InChI=1S/C70H137NO8/c1-6-8-10-12-14-16-18-20-22-24-26-27-28-29-30-31-32-33-34-35-36-37-38-39-40-41-42-43-45-47-49-51-53-55-57-59-61-68(73)79-66(65-78-70(69(74)75)76-63-62-71(3,4)5)64-77-67(72)60-58-56-54-52-50-48-46-44-25-23-21-19-17-15-13-11-9-7-2/h66,70H,6-65H2,1-5H3/p+1. The van der Waals surface area contributed by atoms with Crippen LogP contribution < -0.4 is 0 Å². The molecule has 2 unspecified atom stereocenters. The van der Waals surface area contributed by atoms with E-state index in [1.165, 1.54) is 308 Å². The van der Waals surface area contributed by atoms with Gasteiger partial charge in [-0.1, -0.05) is 348 Å². The third-order valence-corrected chi connectivity index (χ3v) is 16.4. The Balaban J connectivity index is 3.95. The number of nitrogens with zero attached hydrogens (tertiary/aromatic N) is 1. The van der Waals surface area contributed by atoms with Gasteiger partial charge in [0.2, 0.25) is 0 Å². The molecule has 0 spiro atoms. The molecule has 0 aliphatic rings. The molecule has 9 nitrogen and oxygen atoms in total. The number of unbranched alkanes of at least 4 members (excludes halogenated alkanes) is 52. The number of carboxylic acid groups (broad SMARTS) is 1. The summed E-state index contributed by atoms with van der Waals surface area (Å²) in [6.45, 7) is 4.97. The van der Waals surface area contributed by atoms with Crippen LogP contribution in [0, 0.1) is 0 Å². The molecule has 0 radical (unpaired) electrons. The second kappa shape index (κ2) is 62.3. The Labute approximate surface area is 492 Å². The van der Waals surface area contributed by atoms with E-state index in [-0.39, 0.29) is 38.2 Å². The molecule has 0 aromatic rings. The Bertz CT molecular complexity index is 1260. The number of quaternary nitrogens is 1. The van der Waals surface area contributed by atoms with Crippen LogP contribution in [0.1, 0.15) is 373 Å². The summed E-state index contributed by atoms with van der Waals surface area (Å²) < 4.78 is 23.0. The van der Waals surface area contributed by atoms with Crippen molar-refractivity contribution in [3.8, 4) is 0 Å². The fourth-order valence-electron chi connectivity index (χ4n) is 11.0. The van der Waals surface area contributed by atoms with Gasteiger partial charge >= 0.3 is 17.9 Å². The van der Waals surface area contributed by atoms with Crippen molar-refractivity contribution in [1.82, 2.24) is 0 Å². The van der Waals surface area contributed by atoms with Crippen LogP contribution in [0.5, 0.6) is 0 Å². The number of hydrogen-bond acceptors (Lipinski definition) is 7. The van der Waals surface area contributed by atoms with E-state index in [0.29, 0.717) is 17.4 Å². The van der Waals surface area contributed by atoms with Crippen molar-refractivity contribution in [1.29, 1.82) is 0 Å². The molecule has 0 aliphatic carbocycles. The largest absolute Gasteiger partial charge is 0.477 e. The van der Waals surface area contributed by atoms with Crippen molar-refractivity contribution in [3.05, 3.63) is 0 Å². The summed E-state index contributed by atoms with van der Waals surface area (Å²) in [5, 5.41) is 9.73. The molecular weight excluding hydrogens is 983 g/mol. The van der Waals surface area contributed by atoms with Crippen LogP contribution in [-0.4, -0.2) is 87.4 Å². The summed E-state index contributed by atoms with van der Waals surface area (Å²) in [4.78, 5) is 37.5. The maximum atomic E-state index is 12.9. The molecule has 0 bridgehead atoms. The third-order valence-electron chi connectivity index (χ3n) is 16.4. The van der Waals surface area contributed by atoms with Crippen LogP contribution >= 0.6 is 0 Å². The van der Waals surface area contributed by atoms with Gasteiger partial charge in [0.05, 0.1) is 34.4 Å². The van der Waals surface area contributed by atoms with E-state index in [9.17, 15) is 19.5 Å². The molecule has 2 atom stereocenters. The summed E-state index contributed by atoms with van der Waals surface area (Å²) in [6, 6.07) is 0. The lowest BCUT2D eigenvalue weighted by Gasteiger charge is -2.25. The predicted octanol–water partition coefficient (Wildman–Crippen LogP) is 21.5. The minimum Gasteiger partial charge on any atom is -0.477 e. The van der Waals surface area contributed by atoms with Gasteiger partial charge in [0.1, 0.15) is 13.2 Å². The van der Waals surface area contributed by atoms with E-state index in [2.05, 4.69) is 13.8 Å². The van der Waals surface area contributed by atoms with Gasteiger partial charge in [-0.3, -0.25) is 9.59 Å². The fourth-order valence-corrected chi connectivity index (χ4v) is 11.0. The molecule has 0 saturated carbocycles. The van der Waals surface area contributed by atoms with Gasteiger partial charge in [-0.25, -0.2) is 4.79 Å². The van der Waals surface area contributed by atoms with E-state index >= 15 is 0 Å². The summed E-state index contributed by atoms with van der Waals surface area (Å²) in [7, 11) is 5.99. The predicted molar refractivity (Wildman–Crippen MR) is 337 cm³/mol. The van der Waals surface area contributed by atoms with E-state index in [0.717, 1.165) is 38.5 Å². The average Bonchev–Trinajstić information content (AvgIpc) is 3.42. The summed E-state index contributed by atoms with van der Waals surface area (Å²) >= 11 is 0. The number of ether oxygens (including phenoxy) is 4. The van der Waals surface area contributed by atoms with Crippen molar-refractivity contribution < 1.29 is 42.9 Å². The number of carbonyl (C=O) groups is 3. The number of esters is 2. The van der Waals surface area contributed by atoms with E-state index < -0.39 is 18.4 Å². The zero-order chi connectivity index (χ0) is 57.6. The Hall–Kier alpha value is -1.71. The monoisotopic (exact) mass is 1120 g/mol. The maximum absolute atomic E-state index is 12.9. The highest BCUT2D eigenvalue weighted by molar-refractivity contribution is 5.71. The highest BCUT2D eigenvalue weighted by Crippen LogP contribution is 2.20. The molecule has 0 saturated heterocycles. The first-order valence-corrected chi connectivity index (χ1v) is 35.2. The Morgan fingerprint density at radius 1 is 0.329 bits per heavy atom. The van der Waals surface area contributed by atoms with E-state index in [1.807, 2.05) is 21.1 Å². The number of carboxylic acids is 1. The molecule has 0 heterocycles. The van der Waals surface area contributed by atoms with Crippen molar-refractivity contribution in [2.24, 2.45) is 0 Å². The van der Waals surface area contributed by atoms with Gasteiger partial charge in [-0.05, 0) is 12.8 Å². The normalized spacial score (nSPS) is 12.6. The average molecular weight is 1120 g/mol. The number of carbonyl (C=O) groups excluding carboxylic acids is 2. The Morgan fingerprint density at radius 3 is 0.810 bits per heavy atom. The zero-order valence-electron chi connectivity index (χ0n) is 53.8. The second-order valence-electron chi connectivity index (χ2n) is 25.6. The van der Waals surface area contributed by atoms with Gasteiger partial charge in [0, 0.05) is 12.8 Å². The minimum atomic E-state index is -1.50. The third kappa shape index (κ3) is 63.7. The van der Waals surface area contributed by atoms with Crippen LogP contribution in [0.25, 0.3) is 0 Å². The zero-order valence-corrected chi connectivity index (χ0v) is 53.8. The van der Waals surface area contributed by atoms with Crippen molar-refractivity contribution in [3.63, 3.8) is 0 Å². The first-order valence-electron chi connectivity index (χ1n) is 35.2. The molecule has 1 N–H and O–H groups in total. The van der Waals surface area contributed by atoms with Crippen molar-refractivity contribution in [2.75, 3.05) is 47.5 Å². The summed E-state index contributed by atoms with van der Waals surface area (Å²) in [5.74, 6) is -1.97. The molecule has 79 heavy (non-hydrogen) atoms. The SMILES string of the molecule is CCCCCCCCCCCCCCCCCCCCCCCCCCCCCCCCCCCCCCC(=O)OC(COC(=O)CCCCCCCCCCCCCCCCCCCC)COC(OCC[N+](C)(C)C)C(=O)O. The molecule has 0 aromatic carbocycles. The Kier molecular flexibility index (Phi) is 61.0. The summed E-state index contributed by atoms with van der Waals surface area (Å²) in [5.41, 5.74) is 0. The summed E-state index contributed by atoms with van der Waals surface area (Å²) in [6.07, 6.45) is 70.9. The highest BCUT2D eigenvalue weighted by atomic mass is 16.7. The molecule has 0 amide bonds. The first kappa shape index (κ1) is 77.3. The first-order chi connectivity index (χ1) is 38.6. The molecule has 470 valence electrons. The van der Waals surface area contributed by atoms with Crippen molar-refractivity contribution >= 4 is 17.9 Å². The van der Waals surface area contributed by atoms with E-state index in [1.54, 1.807) is 0 Å². The topological polar surface area (TPSA) is 108 Å². The highest BCUT2D eigenvalue weighted by Gasteiger charge is 2.25. The van der Waals surface area contributed by atoms with Crippen LogP contribution in [-0.2, 0) is 33.3 Å². The van der Waals surface area contributed by atoms with Gasteiger partial charge in [0.15, 0.2) is 6.10 Å². The van der Waals surface area contributed by atoms with Crippen molar-refractivity contribution in [2.45, 2.75) is 386 Å². The maximum Gasteiger partial charge on any atom is 0.361 e. The molecular formula is C70H138NO8+. The number of likely N-dealkylation sites (N-methyl/N-ethyl adjacent to an activating group) is 1. The van der Waals surface area contributed by atoms with E-state index in [4.69, 9.17) is 18.9 Å². The molecule has 0 aliphatic heterocycles. The van der Waals surface area contributed by atoms with Gasteiger partial charge in [-0.15, -0.1) is 0 Å². The minimum absolute atomic E-state index is 0.172. The van der Waals surface area contributed by atoms with Gasteiger partial charge < -0.3 is 28.5 Å². The molecule has 0 aromatic heterocycles. The smallest absolute Gasteiger partial charge is 0.361 e. The quantitative estimate of drug-likeness (QED) is 0.0278. The molecule has 0 fully saturated rings. The number of aliphatic carboxylic acids is 1. The second-order valence-corrected chi connectivity index (χ2v) is 25.6. The Morgan fingerprint density at radius 2 is 0.570 bits per heavy atom. The fraction of sp³-hybridized carbons (Fsp3) is 0.957. The lowest BCUT2D eigenvalue weighted by atomic mass is 10.0.